The van der Waals surface area contributed by atoms with Crippen LogP contribution in [0.1, 0.15) is 6.92 Å². The minimum absolute atomic E-state index is 0.257. The minimum Gasteiger partial charge on any atom is -0.387 e. The maximum absolute atomic E-state index is 13.2. The Morgan fingerprint density at radius 3 is 2.85 bits per heavy atom. The molecule has 0 saturated carbocycles. The Bertz CT molecular complexity index is 783. The normalized spacial score (nSPS) is 12.0. The molecule has 0 amide bonds. The number of pyridine rings is 1. The van der Waals surface area contributed by atoms with Gasteiger partial charge in [-0.2, -0.15) is 0 Å². The smallest absolute Gasteiger partial charge is 0.153 e. The van der Waals surface area contributed by atoms with Gasteiger partial charge in [0.1, 0.15) is 5.82 Å². The van der Waals surface area contributed by atoms with E-state index in [1.807, 2.05) is 12.3 Å². The van der Waals surface area contributed by atoms with Crippen LogP contribution in [0.5, 0.6) is 0 Å². The Labute approximate surface area is 115 Å². The standard InChI is InChI=1S/C15H13FN4/c1-9(17)20-15-5-2-10(7-19-15)13-8-18-14-6-11(16)3-4-12(13)14/h2-8,18H,1H3,(H2,17,19,20). The lowest BCUT2D eigenvalue weighted by atomic mass is 10.1. The highest BCUT2D eigenvalue weighted by Crippen LogP contribution is 2.29. The quantitative estimate of drug-likeness (QED) is 0.552. The molecule has 0 bridgehead atoms. The molecule has 20 heavy (non-hydrogen) atoms. The second-order valence-corrected chi connectivity index (χ2v) is 4.55. The molecule has 2 aromatic heterocycles. The van der Waals surface area contributed by atoms with Crippen molar-refractivity contribution in [1.29, 1.82) is 0 Å². The number of nitrogens with two attached hydrogens (primary N) is 1. The molecule has 3 N–H and O–H groups in total. The van der Waals surface area contributed by atoms with Crippen LogP contribution in [0.2, 0.25) is 0 Å². The van der Waals surface area contributed by atoms with Crippen molar-refractivity contribution in [2.45, 2.75) is 6.92 Å². The van der Waals surface area contributed by atoms with Gasteiger partial charge in [-0.05, 0) is 37.3 Å². The zero-order valence-electron chi connectivity index (χ0n) is 10.9. The van der Waals surface area contributed by atoms with Crippen LogP contribution >= 0.6 is 0 Å². The zero-order chi connectivity index (χ0) is 14.1. The lowest BCUT2D eigenvalue weighted by Crippen LogP contribution is -2.04. The van der Waals surface area contributed by atoms with Gasteiger partial charge in [-0.25, -0.2) is 14.4 Å². The molecular weight excluding hydrogens is 255 g/mol. The Hall–Kier alpha value is -2.69. The Balaban J connectivity index is 2.05. The number of amidine groups is 1. The van der Waals surface area contributed by atoms with Crippen molar-refractivity contribution in [3.63, 3.8) is 0 Å². The van der Waals surface area contributed by atoms with Crippen LogP contribution in [-0.4, -0.2) is 15.8 Å². The molecule has 0 aliphatic carbocycles. The topological polar surface area (TPSA) is 67.1 Å². The Morgan fingerprint density at radius 2 is 2.15 bits per heavy atom. The first kappa shape index (κ1) is 12.3. The number of H-pyrrole nitrogens is 1. The lowest BCUT2D eigenvalue weighted by molar-refractivity contribution is 0.629. The maximum Gasteiger partial charge on any atom is 0.153 e. The molecule has 1 aromatic carbocycles. The molecule has 0 radical (unpaired) electrons. The van der Waals surface area contributed by atoms with E-state index in [1.165, 1.54) is 12.1 Å². The van der Waals surface area contributed by atoms with Crippen molar-refractivity contribution >= 4 is 22.6 Å². The molecule has 3 rings (SSSR count). The maximum atomic E-state index is 13.2. The van der Waals surface area contributed by atoms with E-state index in [-0.39, 0.29) is 5.82 Å². The van der Waals surface area contributed by atoms with Gasteiger partial charge >= 0.3 is 0 Å². The number of aliphatic imine (C=N–C) groups is 1. The fraction of sp³-hybridized carbons (Fsp3) is 0.0667. The van der Waals surface area contributed by atoms with E-state index in [4.69, 9.17) is 5.73 Å². The second kappa shape index (κ2) is 4.77. The number of halogens is 1. The highest BCUT2D eigenvalue weighted by atomic mass is 19.1. The highest BCUT2D eigenvalue weighted by Gasteiger charge is 2.07. The average Bonchev–Trinajstić information content (AvgIpc) is 2.82. The van der Waals surface area contributed by atoms with Crippen molar-refractivity contribution in [2.24, 2.45) is 10.7 Å². The summed E-state index contributed by atoms with van der Waals surface area (Å²) in [5.74, 6) is 0.777. The van der Waals surface area contributed by atoms with Crippen molar-refractivity contribution in [3.8, 4) is 11.1 Å². The zero-order valence-corrected chi connectivity index (χ0v) is 10.9. The van der Waals surface area contributed by atoms with E-state index in [0.717, 1.165) is 22.0 Å². The van der Waals surface area contributed by atoms with E-state index >= 15 is 0 Å². The summed E-state index contributed by atoms with van der Waals surface area (Å²) in [7, 11) is 0. The third kappa shape index (κ3) is 2.25. The summed E-state index contributed by atoms with van der Waals surface area (Å²) >= 11 is 0. The lowest BCUT2D eigenvalue weighted by Gasteiger charge is -2.00. The van der Waals surface area contributed by atoms with Crippen LogP contribution in [0.15, 0.2) is 47.7 Å². The van der Waals surface area contributed by atoms with E-state index in [1.54, 1.807) is 25.3 Å². The summed E-state index contributed by atoms with van der Waals surface area (Å²) in [6.07, 6.45) is 3.58. The molecule has 0 atom stereocenters. The van der Waals surface area contributed by atoms with Crippen molar-refractivity contribution in [1.82, 2.24) is 9.97 Å². The SMILES string of the molecule is CC(N)=Nc1ccc(-c2c[nH]c3cc(F)ccc23)cn1. The van der Waals surface area contributed by atoms with Crippen LogP contribution in [0.3, 0.4) is 0 Å². The molecule has 0 saturated heterocycles. The molecule has 0 fully saturated rings. The average molecular weight is 268 g/mol. The number of hydrogen-bond donors (Lipinski definition) is 2. The van der Waals surface area contributed by atoms with Gasteiger partial charge in [-0.1, -0.05) is 0 Å². The molecule has 3 aromatic rings. The largest absolute Gasteiger partial charge is 0.387 e. The van der Waals surface area contributed by atoms with Gasteiger partial charge in [0.25, 0.3) is 0 Å². The molecule has 4 nitrogen and oxygen atoms in total. The van der Waals surface area contributed by atoms with Crippen LogP contribution in [0.4, 0.5) is 10.2 Å². The van der Waals surface area contributed by atoms with E-state index in [0.29, 0.717) is 11.7 Å². The fourth-order valence-corrected chi connectivity index (χ4v) is 2.13. The number of hydrogen-bond acceptors (Lipinski definition) is 2. The van der Waals surface area contributed by atoms with Gasteiger partial charge < -0.3 is 10.7 Å². The molecular formula is C15H13FN4. The summed E-state index contributed by atoms with van der Waals surface area (Å²) < 4.78 is 13.2. The third-order valence-corrected chi connectivity index (χ3v) is 2.99. The van der Waals surface area contributed by atoms with Gasteiger partial charge in [-0.15, -0.1) is 0 Å². The summed E-state index contributed by atoms with van der Waals surface area (Å²) in [5.41, 5.74) is 8.20. The Kier molecular flexibility index (Phi) is 2.95. The van der Waals surface area contributed by atoms with Crippen molar-refractivity contribution in [3.05, 3.63) is 48.5 Å². The van der Waals surface area contributed by atoms with Crippen LogP contribution in [-0.2, 0) is 0 Å². The number of fused-ring (bicyclic) bond motifs is 1. The molecule has 0 aliphatic rings. The van der Waals surface area contributed by atoms with E-state index in [9.17, 15) is 4.39 Å². The number of aromatic nitrogens is 2. The number of nitrogens with zero attached hydrogens (tertiary/aromatic N) is 2. The third-order valence-electron chi connectivity index (χ3n) is 2.99. The first-order valence-corrected chi connectivity index (χ1v) is 6.17. The fourth-order valence-electron chi connectivity index (χ4n) is 2.13. The molecule has 0 unspecified atom stereocenters. The van der Waals surface area contributed by atoms with E-state index in [2.05, 4.69) is 15.0 Å². The van der Waals surface area contributed by atoms with Crippen molar-refractivity contribution < 1.29 is 4.39 Å². The molecule has 100 valence electrons. The van der Waals surface area contributed by atoms with Gasteiger partial charge in [-0.3, -0.25) is 0 Å². The summed E-state index contributed by atoms with van der Waals surface area (Å²) in [6.45, 7) is 1.71. The predicted octanol–water partition coefficient (Wildman–Crippen LogP) is 3.38. The monoisotopic (exact) mass is 268 g/mol. The van der Waals surface area contributed by atoms with Gasteiger partial charge in [0.15, 0.2) is 5.82 Å². The van der Waals surface area contributed by atoms with Gasteiger partial charge in [0, 0.05) is 34.4 Å². The molecule has 0 aliphatic heterocycles. The first-order chi connectivity index (χ1) is 9.63. The van der Waals surface area contributed by atoms with Gasteiger partial charge in [0.05, 0.1) is 5.84 Å². The van der Waals surface area contributed by atoms with Crippen LogP contribution in [0, 0.1) is 5.82 Å². The summed E-state index contributed by atoms with van der Waals surface area (Å²) in [4.78, 5) is 11.4. The van der Waals surface area contributed by atoms with Crippen molar-refractivity contribution in [2.75, 3.05) is 0 Å². The number of benzene rings is 1. The Morgan fingerprint density at radius 1 is 1.30 bits per heavy atom. The molecule has 2 heterocycles. The second-order valence-electron chi connectivity index (χ2n) is 4.55. The number of rotatable bonds is 2. The minimum atomic E-state index is -0.257. The first-order valence-electron chi connectivity index (χ1n) is 6.17. The number of nitrogens with one attached hydrogen (secondary N) is 1. The van der Waals surface area contributed by atoms with Gasteiger partial charge in [0.2, 0.25) is 0 Å². The summed E-state index contributed by atoms with van der Waals surface area (Å²) in [5, 5.41) is 0.958. The predicted molar refractivity (Wildman–Crippen MR) is 78.4 cm³/mol. The van der Waals surface area contributed by atoms with E-state index < -0.39 is 0 Å². The molecule has 0 spiro atoms. The molecule has 5 heteroatoms. The van der Waals surface area contributed by atoms with Crippen LogP contribution in [0.25, 0.3) is 22.0 Å². The van der Waals surface area contributed by atoms with Crippen LogP contribution < -0.4 is 5.73 Å². The highest BCUT2D eigenvalue weighted by molar-refractivity contribution is 5.95. The number of aromatic amines is 1. The summed E-state index contributed by atoms with van der Waals surface area (Å²) in [6, 6.07) is 8.40.